The summed E-state index contributed by atoms with van der Waals surface area (Å²) in [6, 6.07) is 23.2. The maximum absolute atomic E-state index is 5.36. The van der Waals surface area contributed by atoms with Gasteiger partial charge >= 0.3 is 0 Å². The van der Waals surface area contributed by atoms with Gasteiger partial charge < -0.3 is 14.0 Å². The lowest BCUT2D eigenvalue weighted by Crippen LogP contribution is -2.27. The summed E-state index contributed by atoms with van der Waals surface area (Å²) in [4.78, 5) is 2.41. The summed E-state index contributed by atoms with van der Waals surface area (Å²) >= 11 is 0. The number of hydrogen-bond acceptors (Lipinski definition) is 3. The van der Waals surface area contributed by atoms with Crippen LogP contribution in [-0.4, -0.2) is 36.8 Å². The van der Waals surface area contributed by atoms with Crippen LogP contribution >= 0.6 is 0 Å². The second kappa shape index (κ2) is 9.95. The zero-order valence-electron chi connectivity index (χ0n) is 16.2. The Bertz CT molecular complexity index is 814. The third-order valence-electron chi connectivity index (χ3n) is 4.66. The van der Waals surface area contributed by atoms with Crippen LogP contribution in [0.3, 0.4) is 0 Å². The number of benzene rings is 2. The lowest BCUT2D eigenvalue weighted by molar-refractivity contribution is 0.138. The van der Waals surface area contributed by atoms with Crippen LogP contribution in [0.25, 0.3) is 0 Å². The van der Waals surface area contributed by atoms with E-state index >= 15 is 0 Å². The van der Waals surface area contributed by atoms with E-state index in [1.54, 1.807) is 14.2 Å². The number of hydrogen-bond donors (Lipinski definition) is 0. The van der Waals surface area contributed by atoms with Gasteiger partial charge in [-0.15, -0.1) is 0 Å². The van der Waals surface area contributed by atoms with Crippen LogP contribution < -0.4 is 4.74 Å². The standard InChI is InChI=1S/C23H28N2O2/c1-26-15-14-24(17-21-10-6-12-23(16-21)27-2)19-22-11-7-13-25(22)18-20-8-4-3-5-9-20/h3-13,16H,14-15,17-19H2,1-2H3. The second-order valence-corrected chi connectivity index (χ2v) is 6.67. The number of rotatable bonds is 10. The van der Waals surface area contributed by atoms with Gasteiger partial charge in [0.05, 0.1) is 13.7 Å². The normalized spacial score (nSPS) is 11.1. The first-order valence-corrected chi connectivity index (χ1v) is 9.30. The molecule has 0 fully saturated rings. The molecule has 0 aliphatic carbocycles. The number of methoxy groups -OCH3 is 2. The molecule has 0 bridgehead atoms. The van der Waals surface area contributed by atoms with Crippen molar-refractivity contribution in [3.8, 4) is 5.75 Å². The Hall–Kier alpha value is -2.56. The van der Waals surface area contributed by atoms with Gasteiger partial charge in [0.1, 0.15) is 5.75 Å². The van der Waals surface area contributed by atoms with E-state index in [0.29, 0.717) is 6.61 Å². The first-order valence-electron chi connectivity index (χ1n) is 9.30. The summed E-state index contributed by atoms with van der Waals surface area (Å²) in [5, 5.41) is 0. The molecule has 4 heteroatoms. The molecular weight excluding hydrogens is 336 g/mol. The highest BCUT2D eigenvalue weighted by atomic mass is 16.5. The lowest BCUT2D eigenvalue weighted by atomic mass is 10.2. The molecule has 2 aromatic carbocycles. The molecule has 1 heterocycles. The summed E-state index contributed by atoms with van der Waals surface area (Å²) in [6.07, 6.45) is 2.16. The van der Waals surface area contributed by atoms with Crippen molar-refractivity contribution in [3.05, 3.63) is 89.7 Å². The predicted octanol–water partition coefficient (Wildman–Crippen LogP) is 4.19. The van der Waals surface area contributed by atoms with Crippen molar-refractivity contribution in [2.75, 3.05) is 27.4 Å². The van der Waals surface area contributed by atoms with E-state index < -0.39 is 0 Å². The third-order valence-corrected chi connectivity index (χ3v) is 4.66. The van der Waals surface area contributed by atoms with E-state index in [-0.39, 0.29) is 0 Å². The van der Waals surface area contributed by atoms with Crippen molar-refractivity contribution in [1.29, 1.82) is 0 Å². The molecule has 0 aliphatic rings. The van der Waals surface area contributed by atoms with E-state index in [2.05, 4.69) is 70.3 Å². The fraction of sp³-hybridized carbons (Fsp3) is 0.304. The van der Waals surface area contributed by atoms with E-state index in [0.717, 1.165) is 31.9 Å². The van der Waals surface area contributed by atoms with Crippen LogP contribution in [0, 0.1) is 0 Å². The highest BCUT2D eigenvalue weighted by molar-refractivity contribution is 5.28. The average molecular weight is 364 g/mol. The molecular formula is C23H28N2O2. The first kappa shape index (κ1) is 19.2. The summed E-state index contributed by atoms with van der Waals surface area (Å²) in [6.45, 7) is 4.21. The molecule has 0 N–H and O–H groups in total. The summed E-state index contributed by atoms with van der Waals surface area (Å²) in [5.74, 6) is 0.895. The Kier molecular flexibility index (Phi) is 7.08. The largest absolute Gasteiger partial charge is 0.497 e. The molecule has 3 aromatic rings. The number of aromatic nitrogens is 1. The minimum absolute atomic E-state index is 0.712. The Labute approximate surface area is 162 Å². The summed E-state index contributed by atoms with van der Waals surface area (Å²) in [5.41, 5.74) is 3.86. The molecule has 0 radical (unpaired) electrons. The van der Waals surface area contributed by atoms with Crippen molar-refractivity contribution in [3.63, 3.8) is 0 Å². The van der Waals surface area contributed by atoms with Gasteiger partial charge in [0.2, 0.25) is 0 Å². The van der Waals surface area contributed by atoms with Crippen molar-refractivity contribution in [1.82, 2.24) is 9.47 Å². The van der Waals surface area contributed by atoms with Gasteiger partial charge in [-0.2, -0.15) is 0 Å². The quantitative estimate of drug-likeness (QED) is 0.540. The lowest BCUT2D eigenvalue weighted by Gasteiger charge is -2.23. The first-order chi connectivity index (χ1) is 13.3. The van der Waals surface area contributed by atoms with Gasteiger partial charge in [-0.05, 0) is 35.4 Å². The minimum atomic E-state index is 0.712. The smallest absolute Gasteiger partial charge is 0.119 e. The van der Waals surface area contributed by atoms with Gasteiger partial charge in [0.15, 0.2) is 0 Å². The highest BCUT2D eigenvalue weighted by Gasteiger charge is 2.11. The molecule has 0 unspecified atom stereocenters. The van der Waals surface area contributed by atoms with Gasteiger partial charge in [-0.1, -0.05) is 42.5 Å². The summed E-state index contributed by atoms with van der Waals surface area (Å²) < 4.78 is 13.0. The molecule has 1 aromatic heterocycles. The zero-order chi connectivity index (χ0) is 18.9. The van der Waals surface area contributed by atoms with Crippen LogP contribution in [0.1, 0.15) is 16.8 Å². The molecule has 142 valence electrons. The Balaban J connectivity index is 1.72. The van der Waals surface area contributed by atoms with E-state index in [1.807, 2.05) is 12.1 Å². The van der Waals surface area contributed by atoms with E-state index in [4.69, 9.17) is 9.47 Å². The monoisotopic (exact) mass is 364 g/mol. The SMILES string of the molecule is COCCN(Cc1cccc(OC)c1)Cc1cccn1Cc1ccccc1. The van der Waals surface area contributed by atoms with Crippen molar-refractivity contribution in [2.24, 2.45) is 0 Å². The zero-order valence-corrected chi connectivity index (χ0v) is 16.2. The molecule has 0 amide bonds. The molecule has 4 nitrogen and oxygen atoms in total. The van der Waals surface area contributed by atoms with Crippen molar-refractivity contribution in [2.45, 2.75) is 19.6 Å². The van der Waals surface area contributed by atoms with Crippen LogP contribution in [0.4, 0.5) is 0 Å². The van der Waals surface area contributed by atoms with Gasteiger partial charge in [-0.25, -0.2) is 0 Å². The van der Waals surface area contributed by atoms with Crippen molar-refractivity contribution < 1.29 is 9.47 Å². The van der Waals surface area contributed by atoms with Gasteiger partial charge in [-0.3, -0.25) is 4.90 Å². The van der Waals surface area contributed by atoms with Gasteiger partial charge in [0.25, 0.3) is 0 Å². The number of ether oxygens (including phenoxy) is 2. The topological polar surface area (TPSA) is 26.6 Å². The highest BCUT2D eigenvalue weighted by Crippen LogP contribution is 2.17. The predicted molar refractivity (Wildman–Crippen MR) is 109 cm³/mol. The van der Waals surface area contributed by atoms with E-state index in [9.17, 15) is 0 Å². The second-order valence-electron chi connectivity index (χ2n) is 6.67. The van der Waals surface area contributed by atoms with Gasteiger partial charge in [0, 0.05) is 45.2 Å². The third kappa shape index (κ3) is 5.71. The molecule has 0 atom stereocenters. The Morgan fingerprint density at radius 3 is 2.44 bits per heavy atom. The molecule has 27 heavy (non-hydrogen) atoms. The Morgan fingerprint density at radius 1 is 0.852 bits per heavy atom. The number of nitrogens with zero attached hydrogens (tertiary/aromatic N) is 2. The van der Waals surface area contributed by atoms with Crippen molar-refractivity contribution >= 4 is 0 Å². The average Bonchev–Trinajstić information content (AvgIpc) is 3.13. The van der Waals surface area contributed by atoms with Crippen LogP contribution in [0.15, 0.2) is 72.9 Å². The summed E-state index contributed by atoms with van der Waals surface area (Å²) in [7, 11) is 3.46. The minimum Gasteiger partial charge on any atom is -0.497 e. The fourth-order valence-electron chi connectivity index (χ4n) is 3.22. The van der Waals surface area contributed by atoms with Crippen LogP contribution in [-0.2, 0) is 24.4 Å². The van der Waals surface area contributed by atoms with Crippen LogP contribution in [0.5, 0.6) is 5.75 Å². The Morgan fingerprint density at radius 2 is 1.67 bits per heavy atom. The molecule has 0 saturated carbocycles. The van der Waals surface area contributed by atoms with E-state index in [1.165, 1.54) is 16.8 Å². The molecule has 0 aliphatic heterocycles. The maximum atomic E-state index is 5.36. The molecule has 0 saturated heterocycles. The fourth-order valence-corrected chi connectivity index (χ4v) is 3.22. The van der Waals surface area contributed by atoms with Crippen LogP contribution in [0.2, 0.25) is 0 Å². The molecule has 3 rings (SSSR count). The molecule has 0 spiro atoms. The maximum Gasteiger partial charge on any atom is 0.119 e.